The van der Waals surface area contributed by atoms with Gasteiger partial charge in [0.25, 0.3) is 0 Å². The van der Waals surface area contributed by atoms with Crippen LogP contribution in [-0.2, 0) is 17.5 Å². The monoisotopic (exact) mass is 412 g/mol. The molecule has 3 aromatic rings. The average Bonchev–Trinajstić information content (AvgIpc) is 3.29. The number of aliphatic hydroxyl groups excluding tert-OH is 1. The predicted molar refractivity (Wildman–Crippen MR) is 113 cm³/mol. The molecule has 7 heteroatoms. The number of anilines is 2. The average molecular weight is 413 g/mol. The van der Waals surface area contributed by atoms with Gasteiger partial charge in [-0.3, -0.25) is 4.79 Å². The number of carbonyl (C=O) groups is 1. The van der Waals surface area contributed by atoms with E-state index in [2.05, 4.69) is 4.98 Å². The second-order valence-electron chi connectivity index (χ2n) is 4.95. The van der Waals surface area contributed by atoms with E-state index in [0.29, 0.717) is 11.3 Å². The number of thiazole rings is 1. The van der Waals surface area contributed by atoms with E-state index >= 15 is 0 Å². The van der Waals surface area contributed by atoms with Gasteiger partial charge in [0.15, 0.2) is 5.13 Å². The Bertz CT molecular complexity index is 1590. The Hall–Kier alpha value is -2.74. The molecule has 3 rings (SSSR count). The van der Waals surface area contributed by atoms with Gasteiger partial charge < -0.3 is 21.5 Å². The second-order valence-corrected chi connectivity index (χ2v) is 5.77. The normalized spacial score (nSPS) is 21.6. The Labute approximate surface area is 190 Å². The van der Waals surface area contributed by atoms with Gasteiger partial charge in [0.1, 0.15) is 0 Å². The molecular weight excluding hydrogens is 372 g/mol. The topological polar surface area (TPSA) is 100 Å². The van der Waals surface area contributed by atoms with Crippen molar-refractivity contribution in [1.82, 2.24) is 10.3 Å². The lowest BCUT2D eigenvalue weighted by Gasteiger charge is -2.12. The lowest BCUT2D eigenvalue weighted by atomic mass is 10.1. The summed E-state index contributed by atoms with van der Waals surface area (Å²) < 4.78 is 129. The van der Waals surface area contributed by atoms with Gasteiger partial charge in [0.05, 0.1) is 31.9 Å². The zero-order chi connectivity index (χ0) is 33.9. The molecule has 0 spiro atoms. The molecule has 1 heterocycles. The third-order valence-electron chi connectivity index (χ3n) is 2.95. The summed E-state index contributed by atoms with van der Waals surface area (Å²) in [4.78, 5) is 16.4. The van der Waals surface area contributed by atoms with Gasteiger partial charge in [-0.05, 0) is 36.1 Å². The number of hydrogen-bond acceptors (Lipinski definition) is 6. The molecule has 1 aromatic heterocycles. The first-order valence-electron chi connectivity index (χ1n) is 15.6. The number of rotatable bonds is 9. The second kappa shape index (κ2) is 9.98. The molecular formula is C21H24N4O2S. The molecule has 0 unspecified atom stereocenters. The molecule has 0 saturated carbocycles. The van der Waals surface area contributed by atoms with Crippen molar-refractivity contribution in [3.63, 3.8) is 0 Å². The first kappa shape index (κ1) is 7.94. The van der Waals surface area contributed by atoms with Crippen LogP contribution in [0.15, 0.2) is 59.7 Å². The van der Waals surface area contributed by atoms with E-state index in [1.807, 2.05) is 10.6 Å². The molecule has 6 nitrogen and oxygen atoms in total. The number of aliphatic hydroxyl groups is 1. The predicted octanol–water partition coefficient (Wildman–Crippen LogP) is 2.77. The Kier molecular flexibility index (Phi) is 2.83. The van der Waals surface area contributed by atoms with E-state index in [1.165, 1.54) is 0 Å². The van der Waals surface area contributed by atoms with Crippen LogP contribution in [0.3, 0.4) is 0 Å². The van der Waals surface area contributed by atoms with Gasteiger partial charge in [-0.2, -0.15) is 0 Å². The summed E-state index contributed by atoms with van der Waals surface area (Å²) in [7, 11) is 0. The van der Waals surface area contributed by atoms with Crippen LogP contribution >= 0.6 is 11.3 Å². The minimum Gasteiger partial charge on any atom is -0.387 e. The third-order valence-corrected chi connectivity index (χ3v) is 3.55. The molecule has 28 heavy (non-hydrogen) atoms. The highest BCUT2D eigenvalue weighted by molar-refractivity contribution is 7.13. The lowest BCUT2D eigenvalue weighted by Crippen LogP contribution is -2.23. The number of nitrogens with two attached hydrogens (primary N) is 1. The van der Waals surface area contributed by atoms with Crippen molar-refractivity contribution in [2.24, 2.45) is 0 Å². The molecule has 5 N–H and O–H groups in total. The van der Waals surface area contributed by atoms with Gasteiger partial charge in [0.2, 0.25) is 5.91 Å². The Morgan fingerprint density at radius 2 is 2.00 bits per heavy atom. The van der Waals surface area contributed by atoms with Crippen LogP contribution in [0.1, 0.15) is 44.9 Å². The van der Waals surface area contributed by atoms with E-state index in [1.54, 1.807) is 0 Å². The molecule has 0 aliphatic carbocycles. The zero-order valence-corrected chi connectivity index (χ0v) is 14.9. The molecule has 0 saturated heterocycles. The molecule has 0 aliphatic rings. The van der Waals surface area contributed by atoms with Crippen LogP contribution in [0.2, 0.25) is 0 Å². The van der Waals surface area contributed by atoms with Crippen LogP contribution in [0.25, 0.3) is 0 Å². The number of amides is 1. The minimum absolute atomic E-state index is 0.198. The summed E-state index contributed by atoms with van der Waals surface area (Å²) in [5, 5.41) is 13.9. The molecule has 146 valence electrons. The molecule has 0 radical (unpaired) electrons. The fraction of sp³-hybridized carbons (Fsp3) is 0.238. The van der Waals surface area contributed by atoms with E-state index in [4.69, 9.17) is 27.7 Å². The maximum Gasteiger partial charge on any atom is 0.230 e. The van der Waals surface area contributed by atoms with Crippen molar-refractivity contribution in [2.75, 3.05) is 24.1 Å². The van der Waals surface area contributed by atoms with Crippen molar-refractivity contribution in [2.45, 2.75) is 18.8 Å². The van der Waals surface area contributed by atoms with Gasteiger partial charge in [0, 0.05) is 25.8 Å². The number of nitrogen functional groups attached to an aromatic ring is 1. The Balaban J connectivity index is 1.94. The van der Waals surface area contributed by atoms with E-state index in [-0.39, 0.29) is 5.13 Å². The molecule has 2 aromatic carbocycles. The van der Waals surface area contributed by atoms with Crippen LogP contribution in [0.4, 0.5) is 10.8 Å². The van der Waals surface area contributed by atoms with Crippen LogP contribution < -0.4 is 16.4 Å². The molecule has 1 amide bonds. The zero-order valence-electron chi connectivity index (χ0n) is 30.1. The van der Waals surface area contributed by atoms with E-state index in [9.17, 15) is 9.90 Å². The van der Waals surface area contributed by atoms with Crippen LogP contribution in [-0.4, -0.2) is 29.0 Å². The fourth-order valence-corrected chi connectivity index (χ4v) is 2.21. The first-order chi connectivity index (χ1) is 20.0. The largest absolute Gasteiger partial charge is 0.387 e. The van der Waals surface area contributed by atoms with E-state index < -0.39 is 120 Å². The summed E-state index contributed by atoms with van der Waals surface area (Å²) in [6.45, 7) is -4.16. The van der Waals surface area contributed by atoms with Crippen molar-refractivity contribution in [1.29, 1.82) is 0 Å². The number of aromatic nitrogens is 1. The van der Waals surface area contributed by atoms with Crippen molar-refractivity contribution in [3.8, 4) is 0 Å². The van der Waals surface area contributed by atoms with Crippen molar-refractivity contribution < 1.29 is 31.8 Å². The number of carbonyl (C=O) groups excluding carboxylic acids is 1. The van der Waals surface area contributed by atoms with Crippen molar-refractivity contribution in [3.05, 3.63) is 76.6 Å². The summed E-state index contributed by atoms with van der Waals surface area (Å²) in [6.07, 6.45) is -8.30. The van der Waals surface area contributed by atoms with Gasteiger partial charge in [-0.25, -0.2) is 4.98 Å². The van der Waals surface area contributed by atoms with Crippen molar-refractivity contribution >= 4 is 28.1 Å². The maximum absolute atomic E-state index is 12.8. The molecule has 0 bridgehead atoms. The van der Waals surface area contributed by atoms with Gasteiger partial charge >= 0.3 is 0 Å². The first-order valence-corrected chi connectivity index (χ1v) is 8.46. The van der Waals surface area contributed by atoms with Crippen LogP contribution in [0.5, 0.6) is 0 Å². The highest BCUT2D eigenvalue weighted by Gasteiger charge is 2.08. The number of nitrogens with one attached hydrogen (secondary N) is 2. The standard InChI is InChI=1S/C21H24N4O2S/c22-21-25-18(14-28-21)12-20(27)24-17-8-6-15(7-9-17)10-11-23-13-19(26)16-4-2-1-3-5-16/h1-9,14,19,23,26H,10-13H2,(H2,22,25)(H,24,27)/t19-/m1/s1/i1D,2D,3D,4D,5D,6D,7D,8D,9D,10D2,12D2,13D2,14D. The highest BCUT2D eigenvalue weighted by Crippen LogP contribution is 2.14. The Morgan fingerprint density at radius 1 is 1.25 bits per heavy atom. The fourth-order valence-electron chi connectivity index (χ4n) is 1.77. The maximum atomic E-state index is 12.8. The van der Waals surface area contributed by atoms with Crippen LogP contribution in [0, 0.1) is 0 Å². The highest BCUT2D eigenvalue weighted by atomic mass is 32.1. The number of benzene rings is 2. The summed E-state index contributed by atoms with van der Waals surface area (Å²) in [5.41, 5.74) is 2.30. The quantitative estimate of drug-likeness (QED) is 0.433. The smallest absolute Gasteiger partial charge is 0.230 e. The Morgan fingerprint density at radius 3 is 2.68 bits per heavy atom. The molecule has 0 fully saturated rings. The summed E-state index contributed by atoms with van der Waals surface area (Å²) in [5.74, 6) is -1.51. The third kappa shape index (κ3) is 6.16. The molecule has 0 aliphatic heterocycles. The van der Waals surface area contributed by atoms with E-state index in [0.717, 1.165) is 0 Å². The van der Waals surface area contributed by atoms with Gasteiger partial charge in [-0.15, -0.1) is 11.3 Å². The summed E-state index contributed by atoms with van der Waals surface area (Å²) >= 11 is 0.592. The number of hydrogen-bond donors (Lipinski definition) is 4. The molecule has 1 atom stereocenters. The number of nitrogens with zero attached hydrogens (tertiary/aromatic N) is 1. The van der Waals surface area contributed by atoms with Gasteiger partial charge in [-0.1, -0.05) is 42.3 Å². The lowest BCUT2D eigenvalue weighted by molar-refractivity contribution is -0.115. The minimum atomic E-state index is -3.05. The summed E-state index contributed by atoms with van der Waals surface area (Å²) in [6, 6.07) is -8.25. The SMILES string of the molecule is [2H]c1sc(N)nc1C([2H])([2H])C(=O)Nc1c([2H])c([2H])c(C([2H])([2H])CNC([2H])([2H])[C@@H](O)c2c([2H])c([2H])c([2H])c([2H])c2[2H])c([2H])c1[2H].